The van der Waals surface area contributed by atoms with Crippen molar-refractivity contribution < 1.29 is 4.79 Å². The van der Waals surface area contributed by atoms with Crippen LogP contribution in [0.4, 0.5) is 5.69 Å². The quantitative estimate of drug-likeness (QED) is 0.903. The second kappa shape index (κ2) is 6.77. The molecule has 2 unspecified atom stereocenters. The molecule has 4 nitrogen and oxygen atoms in total. The Morgan fingerprint density at radius 1 is 1.29 bits per heavy atom. The van der Waals surface area contributed by atoms with Crippen LogP contribution in [0.3, 0.4) is 0 Å². The first-order valence-electron chi connectivity index (χ1n) is 7.51. The van der Waals surface area contributed by atoms with Crippen molar-refractivity contribution in [1.82, 2.24) is 10.2 Å². The molecule has 2 atom stereocenters. The molecule has 0 aromatic heterocycles. The number of anilines is 1. The lowest BCUT2D eigenvalue weighted by Gasteiger charge is -2.35. The standard InChI is InChI=1S/C16H23N3O.ClH/c1-12-9-14-5-3-4-6-15(14)19(12)16(20)11-18-8-7-17-10-13(18)2;/h3-6,12-13,17H,7-11H2,1-2H3;1H. The van der Waals surface area contributed by atoms with E-state index in [1.165, 1.54) is 5.56 Å². The van der Waals surface area contributed by atoms with Crippen molar-refractivity contribution in [2.75, 3.05) is 31.1 Å². The van der Waals surface area contributed by atoms with Crippen molar-refractivity contribution in [3.05, 3.63) is 29.8 Å². The fraction of sp³-hybridized carbons (Fsp3) is 0.562. The van der Waals surface area contributed by atoms with E-state index in [9.17, 15) is 4.79 Å². The second-order valence-corrected chi connectivity index (χ2v) is 5.97. The van der Waals surface area contributed by atoms with Gasteiger partial charge in [0.15, 0.2) is 0 Å². The van der Waals surface area contributed by atoms with Crippen molar-refractivity contribution in [2.24, 2.45) is 0 Å². The maximum Gasteiger partial charge on any atom is 0.241 e. The van der Waals surface area contributed by atoms with Gasteiger partial charge in [0, 0.05) is 37.4 Å². The zero-order chi connectivity index (χ0) is 14.1. The number of fused-ring (bicyclic) bond motifs is 1. The van der Waals surface area contributed by atoms with Gasteiger partial charge in [-0.05, 0) is 31.9 Å². The Balaban J connectivity index is 0.00000161. The molecule has 0 aliphatic carbocycles. The van der Waals surface area contributed by atoms with E-state index in [0.29, 0.717) is 12.6 Å². The molecule has 5 heteroatoms. The summed E-state index contributed by atoms with van der Waals surface area (Å²) in [7, 11) is 0. The number of nitrogens with zero attached hydrogens (tertiary/aromatic N) is 2. The molecular formula is C16H24ClN3O. The summed E-state index contributed by atoms with van der Waals surface area (Å²) in [6.45, 7) is 7.75. The summed E-state index contributed by atoms with van der Waals surface area (Å²) in [6.07, 6.45) is 0.971. The average molecular weight is 310 g/mol. The highest BCUT2D eigenvalue weighted by molar-refractivity contribution is 5.97. The fourth-order valence-corrected chi connectivity index (χ4v) is 3.31. The van der Waals surface area contributed by atoms with E-state index in [2.05, 4.69) is 42.3 Å². The highest BCUT2D eigenvalue weighted by Gasteiger charge is 2.32. The van der Waals surface area contributed by atoms with Gasteiger partial charge in [0.25, 0.3) is 0 Å². The SMILES string of the molecule is CC1CNCCN1CC(=O)N1c2ccccc2CC1C.Cl. The van der Waals surface area contributed by atoms with Gasteiger partial charge < -0.3 is 10.2 Å². The van der Waals surface area contributed by atoms with Crippen LogP contribution in [0.2, 0.25) is 0 Å². The predicted octanol–water partition coefficient (Wildman–Crippen LogP) is 1.68. The van der Waals surface area contributed by atoms with E-state index in [-0.39, 0.29) is 24.4 Å². The zero-order valence-corrected chi connectivity index (χ0v) is 13.5. The number of carbonyl (C=O) groups excluding carboxylic acids is 1. The third kappa shape index (κ3) is 3.23. The van der Waals surface area contributed by atoms with Gasteiger partial charge in [-0.25, -0.2) is 0 Å². The van der Waals surface area contributed by atoms with Gasteiger partial charge in [0.2, 0.25) is 5.91 Å². The Kier molecular flexibility index (Phi) is 5.25. The molecule has 3 rings (SSSR count). The number of benzene rings is 1. The monoisotopic (exact) mass is 309 g/mol. The van der Waals surface area contributed by atoms with Crippen LogP contribution in [0.5, 0.6) is 0 Å². The number of piperazine rings is 1. The number of nitrogens with one attached hydrogen (secondary N) is 1. The van der Waals surface area contributed by atoms with Crippen LogP contribution in [0.25, 0.3) is 0 Å². The first kappa shape index (κ1) is 16.3. The summed E-state index contributed by atoms with van der Waals surface area (Å²) in [5.41, 5.74) is 2.40. The summed E-state index contributed by atoms with van der Waals surface area (Å²) >= 11 is 0. The number of para-hydroxylation sites is 1. The van der Waals surface area contributed by atoms with Crippen LogP contribution >= 0.6 is 12.4 Å². The Morgan fingerprint density at radius 2 is 2.05 bits per heavy atom. The molecule has 21 heavy (non-hydrogen) atoms. The molecule has 0 bridgehead atoms. The van der Waals surface area contributed by atoms with Crippen molar-refractivity contribution in [3.63, 3.8) is 0 Å². The van der Waals surface area contributed by atoms with E-state index >= 15 is 0 Å². The van der Waals surface area contributed by atoms with Gasteiger partial charge in [-0.2, -0.15) is 0 Å². The first-order valence-corrected chi connectivity index (χ1v) is 7.51. The molecule has 1 aromatic carbocycles. The van der Waals surface area contributed by atoms with Crippen LogP contribution in [0.15, 0.2) is 24.3 Å². The highest BCUT2D eigenvalue weighted by Crippen LogP contribution is 2.31. The lowest BCUT2D eigenvalue weighted by Crippen LogP contribution is -2.53. The fourth-order valence-electron chi connectivity index (χ4n) is 3.31. The Bertz CT molecular complexity index is 508. The van der Waals surface area contributed by atoms with Crippen molar-refractivity contribution >= 4 is 24.0 Å². The van der Waals surface area contributed by atoms with Gasteiger partial charge in [-0.15, -0.1) is 12.4 Å². The van der Waals surface area contributed by atoms with Gasteiger partial charge in [-0.3, -0.25) is 9.69 Å². The van der Waals surface area contributed by atoms with Gasteiger partial charge in [0.05, 0.1) is 6.54 Å². The Hall–Kier alpha value is -1.10. The molecule has 1 fully saturated rings. The number of amides is 1. The van der Waals surface area contributed by atoms with Crippen LogP contribution in [-0.4, -0.2) is 49.1 Å². The summed E-state index contributed by atoms with van der Waals surface area (Å²) in [4.78, 5) is 17.0. The summed E-state index contributed by atoms with van der Waals surface area (Å²) < 4.78 is 0. The maximum absolute atomic E-state index is 12.7. The smallest absolute Gasteiger partial charge is 0.241 e. The molecule has 116 valence electrons. The third-order valence-electron chi connectivity index (χ3n) is 4.45. The highest BCUT2D eigenvalue weighted by atomic mass is 35.5. The van der Waals surface area contributed by atoms with E-state index in [1.807, 2.05) is 11.0 Å². The van der Waals surface area contributed by atoms with Gasteiger partial charge in [0.1, 0.15) is 0 Å². The third-order valence-corrected chi connectivity index (χ3v) is 4.45. The molecule has 0 saturated carbocycles. The molecule has 2 aliphatic heterocycles. The maximum atomic E-state index is 12.7. The molecule has 2 heterocycles. The van der Waals surface area contributed by atoms with Crippen molar-refractivity contribution in [3.8, 4) is 0 Å². The Morgan fingerprint density at radius 3 is 2.81 bits per heavy atom. The summed E-state index contributed by atoms with van der Waals surface area (Å²) in [5, 5.41) is 3.37. The molecule has 2 aliphatic rings. The van der Waals surface area contributed by atoms with Gasteiger partial charge in [-0.1, -0.05) is 18.2 Å². The van der Waals surface area contributed by atoms with Crippen molar-refractivity contribution in [2.45, 2.75) is 32.4 Å². The Labute approximate surface area is 132 Å². The number of hydrogen-bond acceptors (Lipinski definition) is 3. The summed E-state index contributed by atoms with van der Waals surface area (Å²) in [6, 6.07) is 8.98. The molecule has 1 amide bonds. The first-order chi connectivity index (χ1) is 9.66. The molecular weight excluding hydrogens is 286 g/mol. The number of halogens is 1. The largest absolute Gasteiger partial charge is 0.314 e. The van der Waals surface area contributed by atoms with E-state index in [0.717, 1.165) is 31.7 Å². The minimum atomic E-state index is 0. The van der Waals surface area contributed by atoms with E-state index < -0.39 is 0 Å². The predicted molar refractivity (Wildman–Crippen MR) is 88.2 cm³/mol. The number of rotatable bonds is 2. The molecule has 1 N–H and O–H groups in total. The van der Waals surface area contributed by atoms with Crippen LogP contribution < -0.4 is 10.2 Å². The minimum absolute atomic E-state index is 0. The lowest BCUT2D eigenvalue weighted by molar-refractivity contribution is -0.120. The number of hydrogen-bond donors (Lipinski definition) is 1. The van der Waals surface area contributed by atoms with Crippen LogP contribution in [0, 0.1) is 0 Å². The normalized spacial score (nSPS) is 25.3. The average Bonchev–Trinajstić information content (AvgIpc) is 2.77. The minimum Gasteiger partial charge on any atom is -0.314 e. The van der Waals surface area contributed by atoms with Crippen LogP contribution in [0.1, 0.15) is 19.4 Å². The van der Waals surface area contributed by atoms with E-state index in [1.54, 1.807) is 0 Å². The van der Waals surface area contributed by atoms with Crippen molar-refractivity contribution in [1.29, 1.82) is 0 Å². The molecule has 0 spiro atoms. The van der Waals surface area contributed by atoms with Gasteiger partial charge >= 0.3 is 0 Å². The molecule has 0 radical (unpaired) electrons. The molecule has 1 saturated heterocycles. The summed E-state index contributed by atoms with van der Waals surface area (Å²) in [5.74, 6) is 0.233. The topological polar surface area (TPSA) is 35.6 Å². The van der Waals surface area contributed by atoms with E-state index in [4.69, 9.17) is 0 Å². The second-order valence-electron chi connectivity index (χ2n) is 5.97. The van der Waals surface area contributed by atoms with Crippen LogP contribution in [-0.2, 0) is 11.2 Å². The zero-order valence-electron chi connectivity index (χ0n) is 12.7. The molecule has 1 aromatic rings. The lowest BCUT2D eigenvalue weighted by atomic mass is 10.1. The number of carbonyl (C=O) groups is 1.